The zero-order valence-electron chi connectivity index (χ0n) is 15.7. The van der Waals surface area contributed by atoms with E-state index >= 15 is 0 Å². The average Bonchev–Trinajstić information content (AvgIpc) is 3.10. The van der Waals surface area contributed by atoms with E-state index < -0.39 is 0 Å². The lowest BCUT2D eigenvalue weighted by Crippen LogP contribution is -2.43. The highest BCUT2D eigenvalue weighted by atomic mass is 16.2. The standard InChI is InChI=1S/C24H18N4O/c29-24-20(15-17-11-13-25-14-12-17)27-23-22(19-9-5-2-6-10-19)26-21(16-28(23)24)18-7-3-1-4-8-18/h1-14,16,20H,15H2/p+1. The molecule has 1 N–H and O–H groups in total. The van der Waals surface area contributed by atoms with Crippen molar-refractivity contribution in [1.82, 2.24) is 9.97 Å². The summed E-state index contributed by atoms with van der Waals surface area (Å²) in [6.45, 7) is 0. The molecule has 0 aliphatic carbocycles. The summed E-state index contributed by atoms with van der Waals surface area (Å²) in [4.78, 5) is 22.2. The zero-order chi connectivity index (χ0) is 19.6. The fraction of sp³-hybridized carbons (Fsp3) is 0.0833. The molecule has 5 nitrogen and oxygen atoms in total. The molecule has 2 aromatic carbocycles. The van der Waals surface area contributed by atoms with Crippen molar-refractivity contribution < 1.29 is 9.36 Å². The fourth-order valence-electron chi connectivity index (χ4n) is 3.65. The summed E-state index contributed by atoms with van der Waals surface area (Å²) in [5.41, 5.74) is 4.56. The van der Waals surface area contributed by atoms with Crippen LogP contribution >= 0.6 is 0 Å². The van der Waals surface area contributed by atoms with Crippen LogP contribution in [0.25, 0.3) is 22.5 Å². The highest BCUT2D eigenvalue weighted by molar-refractivity contribution is 5.86. The minimum atomic E-state index is -0.340. The van der Waals surface area contributed by atoms with Gasteiger partial charge in [0.2, 0.25) is 0 Å². The Labute approximate surface area is 168 Å². The van der Waals surface area contributed by atoms with Crippen LogP contribution in [0.15, 0.2) is 91.4 Å². The topological polar surface area (TPSA) is 58.8 Å². The normalized spacial score (nSPS) is 15.0. The van der Waals surface area contributed by atoms with Gasteiger partial charge in [-0.25, -0.2) is 9.78 Å². The molecule has 0 radical (unpaired) electrons. The van der Waals surface area contributed by atoms with Gasteiger partial charge in [-0.2, -0.15) is 4.57 Å². The second-order valence-corrected chi connectivity index (χ2v) is 7.02. The summed E-state index contributed by atoms with van der Waals surface area (Å²) >= 11 is 0. The molecule has 1 atom stereocenters. The molecule has 0 saturated heterocycles. The van der Waals surface area contributed by atoms with Crippen LogP contribution in [0.3, 0.4) is 0 Å². The van der Waals surface area contributed by atoms with Gasteiger partial charge in [-0.3, -0.25) is 10.3 Å². The molecule has 0 bridgehead atoms. The van der Waals surface area contributed by atoms with E-state index in [0.717, 1.165) is 33.9 Å². The molecule has 1 aliphatic heterocycles. The summed E-state index contributed by atoms with van der Waals surface area (Å²) in [7, 11) is 0. The monoisotopic (exact) mass is 379 g/mol. The second kappa shape index (κ2) is 7.28. The van der Waals surface area contributed by atoms with Crippen molar-refractivity contribution in [2.24, 2.45) is 0 Å². The number of fused-ring (bicyclic) bond motifs is 1. The van der Waals surface area contributed by atoms with Gasteiger partial charge in [-0.1, -0.05) is 60.7 Å². The van der Waals surface area contributed by atoms with Crippen LogP contribution < -0.4 is 9.88 Å². The van der Waals surface area contributed by atoms with Crippen molar-refractivity contribution in [2.75, 3.05) is 5.32 Å². The van der Waals surface area contributed by atoms with Crippen molar-refractivity contribution in [1.29, 1.82) is 0 Å². The van der Waals surface area contributed by atoms with E-state index in [9.17, 15) is 4.79 Å². The first-order chi connectivity index (χ1) is 14.3. The molecule has 4 aromatic rings. The second-order valence-electron chi connectivity index (χ2n) is 7.02. The van der Waals surface area contributed by atoms with Crippen molar-refractivity contribution in [3.05, 3.63) is 97.0 Å². The first-order valence-electron chi connectivity index (χ1n) is 9.57. The number of pyridine rings is 1. The Morgan fingerprint density at radius 1 is 0.862 bits per heavy atom. The third-order valence-corrected chi connectivity index (χ3v) is 5.10. The van der Waals surface area contributed by atoms with Gasteiger partial charge >= 0.3 is 11.7 Å². The first-order valence-corrected chi connectivity index (χ1v) is 9.57. The number of carbonyl (C=O) groups excluding carboxylic acids is 1. The van der Waals surface area contributed by atoms with Crippen LogP contribution in [-0.4, -0.2) is 21.9 Å². The van der Waals surface area contributed by atoms with Gasteiger partial charge < -0.3 is 0 Å². The Bertz CT molecular complexity index is 1160. The summed E-state index contributed by atoms with van der Waals surface area (Å²) in [6.07, 6.45) is 5.93. The third-order valence-electron chi connectivity index (χ3n) is 5.10. The highest BCUT2D eigenvalue weighted by Gasteiger charge is 2.41. The maximum absolute atomic E-state index is 13.2. The lowest BCUT2D eigenvalue weighted by Gasteiger charge is -2.07. The molecule has 29 heavy (non-hydrogen) atoms. The molecule has 5 heteroatoms. The maximum Gasteiger partial charge on any atom is 0.359 e. The molecule has 1 aliphatic rings. The Morgan fingerprint density at radius 3 is 2.21 bits per heavy atom. The van der Waals surface area contributed by atoms with Gasteiger partial charge in [0, 0.05) is 29.9 Å². The van der Waals surface area contributed by atoms with Crippen LogP contribution in [-0.2, 0) is 6.42 Å². The first kappa shape index (κ1) is 17.3. The zero-order valence-corrected chi connectivity index (χ0v) is 15.7. The van der Waals surface area contributed by atoms with E-state index in [0.29, 0.717) is 6.42 Å². The van der Waals surface area contributed by atoms with Gasteiger partial charge in [-0.15, -0.1) is 0 Å². The van der Waals surface area contributed by atoms with Gasteiger partial charge in [0.1, 0.15) is 11.9 Å². The Hall–Kier alpha value is -3.86. The fourth-order valence-corrected chi connectivity index (χ4v) is 3.65. The molecule has 0 fully saturated rings. The van der Waals surface area contributed by atoms with Gasteiger partial charge in [0.25, 0.3) is 0 Å². The maximum atomic E-state index is 13.2. The Balaban J connectivity index is 1.61. The third kappa shape index (κ3) is 3.27. The van der Waals surface area contributed by atoms with Gasteiger partial charge in [0.05, 0.1) is 0 Å². The predicted molar refractivity (Wildman–Crippen MR) is 111 cm³/mol. The van der Waals surface area contributed by atoms with E-state index in [1.54, 1.807) is 17.0 Å². The number of nitrogens with zero attached hydrogens (tertiary/aromatic N) is 3. The SMILES string of the molecule is O=C1C(Cc2ccncc2)Nc2c(-c3ccccc3)nc(-c3ccccc3)c[n+]21. The Morgan fingerprint density at radius 2 is 1.52 bits per heavy atom. The number of nitrogens with one attached hydrogen (secondary N) is 1. The van der Waals surface area contributed by atoms with Crippen molar-refractivity contribution in [3.63, 3.8) is 0 Å². The van der Waals surface area contributed by atoms with E-state index in [-0.39, 0.29) is 11.9 Å². The number of anilines is 1. The summed E-state index contributed by atoms with van der Waals surface area (Å²) in [6, 6.07) is 23.4. The number of aromatic nitrogens is 3. The van der Waals surface area contributed by atoms with Crippen LogP contribution in [0.5, 0.6) is 0 Å². The summed E-state index contributed by atoms with van der Waals surface area (Å²) in [5.74, 6) is 0.758. The van der Waals surface area contributed by atoms with Crippen LogP contribution in [0.2, 0.25) is 0 Å². The molecule has 0 spiro atoms. The van der Waals surface area contributed by atoms with E-state index in [1.165, 1.54) is 0 Å². The molecular formula is C24H19N4O+. The molecule has 3 heterocycles. The summed E-state index contributed by atoms with van der Waals surface area (Å²) < 4.78 is 1.71. The number of carbonyl (C=O) groups is 1. The van der Waals surface area contributed by atoms with Crippen molar-refractivity contribution in [2.45, 2.75) is 12.5 Å². The molecule has 1 unspecified atom stereocenters. The summed E-state index contributed by atoms with van der Waals surface area (Å²) in [5, 5.41) is 3.41. The number of hydrogen-bond acceptors (Lipinski definition) is 4. The minimum Gasteiger partial charge on any atom is -0.265 e. The average molecular weight is 379 g/mol. The van der Waals surface area contributed by atoms with E-state index in [4.69, 9.17) is 4.98 Å². The molecule has 5 rings (SSSR count). The predicted octanol–water partition coefficient (Wildman–Crippen LogP) is 3.78. The molecule has 2 aromatic heterocycles. The highest BCUT2D eigenvalue weighted by Crippen LogP contribution is 2.29. The van der Waals surface area contributed by atoms with Crippen LogP contribution in [0.4, 0.5) is 5.82 Å². The largest absolute Gasteiger partial charge is 0.359 e. The Kier molecular flexibility index (Phi) is 4.33. The number of benzene rings is 2. The van der Waals surface area contributed by atoms with Crippen LogP contribution in [0, 0.1) is 0 Å². The van der Waals surface area contributed by atoms with Crippen molar-refractivity contribution in [3.8, 4) is 22.5 Å². The van der Waals surface area contributed by atoms with Crippen molar-refractivity contribution >= 4 is 11.7 Å². The molecular weight excluding hydrogens is 360 g/mol. The number of hydrogen-bond donors (Lipinski definition) is 1. The molecule has 0 amide bonds. The quantitative estimate of drug-likeness (QED) is 0.548. The lowest BCUT2D eigenvalue weighted by molar-refractivity contribution is -0.551. The van der Waals surface area contributed by atoms with Crippen LogP contribution in [0.1, 0.15) is 10.4 Å². The minimum absolute atomic E-state index is 0.0218. The van der Waals surface area contributed by atoms with Gasteiger partial charge in [0.15, 0.2) is 11.7 Å². The molecule has 140 valence electrons. The van der Waals surface area contributed by atoms with Gasteiger partial charge in [-0.05, 0) is 17.7 Å². The smallest absolute Gasteiger partial charge is 0.265 e. The number of rotatable bonds is 4. The lowest BCUT2D eigenvalue weighted by atomic mass is 10.1. The van der Waals surface area contributed by atoms with E-state index in [1.807, 2.05) is 79.0 Å². The van der Waals surface area contributed by atoms with E-state index in [2.05, 4.69) is 10.3 Å². The molecule has 0 saturated carbocycles.